The number of hydrogen-bond acceptors (Lipinski definition) is 5. The summed E-state index contributed by atoms with van der Waals surface area (Å²) >= 11 is 0. The summed E-state index contributed by atoms with van der Waals surface area (Å²) in [5.41, 5.74) is -0.186. The molecule has 7 nitrogen and oxygen atoms in total. The number of carbonyl (C=O) groups is 1. The molecule has 0 bridgehead atoms. The summed E-state index contributed by atoms with van der Waals surface area (Å²) in [6.07, 6.45) is 0.485. The molecule has 1 aromatic carbocycles. The van der Waals surface area contributed by atoms with Gasteiger partial charge in [0.05, 0.1) is 4.90 Å². The quantitative estimate of drug-likeness (QED) is 0.694. The fourth-order valence-corrected chi connectivity index (χ4v) is 3.35. The Morgan fingerprint density at radius 1 is 1.43 bits per heavy atom. The maximum Gasteiger partial charge on any atom is 0.339 e. The molecule has 0 saturated heterocycles. The third kappa shape index (κ3) is 4.42. The van der Waals surface area contributed by atoms with E-state index in [1.165, 1.54) is 14.0 Å². The van der Waals surface area contributed by atoms with E-state index in [1.807, 2.05) is 0 Å². The fourth-order valence-electron chi connectivity index (χ4n) is 1.82. The molecule has 0 aliphatic carbocycles. The Kier molecular flexibility index (Phi) is 5.70. The lowest BCUT2D eigenvalue weighted by Gasteiger charge is -2.16. The van der Waals surface area contributed by atoms with Crippen LogP contribution in [0, 0.1) is 6.92 Å². The summed E-state index contributed by atoms with van der Waals surface area (Å²) in [4.78, 5) is 10.8. The summed E-state index contributed by atoms with van der Waals surface area (Å²) in [5, 5.41) is 18.5. The Morgan fingerprint density at radius 2 is 2.05 bits per heavy atom. The van der Waals surface area contributed by atoms with Crippen LogP contribution in [0.2, 0.25) is 0 Å². The summed E-state index contributed by atoms with van der Waals surface area (Å²) in [6.45, 7) is 3.57. The summed E-state index contributed by atoms with van der Waals surface area (Å²) in [6, 6.07) is 1.72. The number of carboxylic acid groups (broad SMARTS) is 1. The van der Waals surface area contributed by atoms with Gasteiger partial charge in [0.2, 0.25) is 10.0 Å². The predicted octanol–water partition coefficient (Wildman–Crippen LogP) is 1.10. The third-order valence-corrected chi connectivity index (χ3v) is 4.66. The van der Waals surface area contributed by atoms with Crippen LogP contribution in [0.15, 0.2) is 17.0 Å². The molecule has 0 heterocycles. The molecule has 8 heteroatoms. The Balaban J connectivity index is 3.13. The minimum Gasteiger partial charge on any atom is -0.507 e. The molecule has 0 spiro atoms. The van der Waals surface area contributed by atoms with Crippen molar-refractivity contribution in [2.45, 2.75) is 31.2 Å². The molecule has 3 N–H and O–H groups in total. The first kappa shape index (κ1) is 17.4. The van der Waals surface area contributed by atoms with Gasteiger partial charge in [-0.05, 0) is 38.0 Å². The molecule has 1 rings (SSSR count). The van der Waals surface area contributed by atoms with Gasteiger partial charge < -0.3 is 14.9 Å². The fraction of sp³-hybridized carbons (Fsp3) is 0.462. The maximum absolute atomic E-state index is 12.3. The van der Waals surface area contributed by atoms with Crippen molar-refractivity contribution in [2.24, 2.45) is 0 Å². The van der Waals surface area contributed by atoms with Gasteiger partial charge in [-0.1, -0.05) is 0 Å². The van der Waals surface area contributed by atoms with E-state index in [1.54, 1.807) is 6.92 Å². The minimum absolute atomic E-state index is 0.165. The lowest BCUT2D eigenvalue weighted by Crippen LogP contribution is -2.33. The summed E-state index contributed by atoms with van der Waals surface area (Å²) in [7, 11) is -2.36. The van der Waals surface area contributed by atoms with Crippen molar-refractivity contribution < 1.29 is 28.2 Å². The number of hydrogen-bond donors (Lipinski definition) is 3. The number of aromatic carboxylic acids is 1. The number of aromatic hydroxyl groups is 1. The SMILES string of the molecule is COCCC(C)NS(=O)(=O)c1cc(C(=O)O)c(O)cc1C. The van der Waals surface area contributed by atoms with E-state index in [0.29, 0.717) is 13.0 Å². The van der Waals surface area contributed by atoms with E-state index in [0.717, 1.165) is 12.1 Å². The number of aryl methyl sites for hydroxylation is 1. The average molecular weight is 317 g/mol. The van der Waals surface area contributed by atoms with E-state index >= 15 is 0 Å². The van der Waals surface area contributed by atoms with Crippen molar-refractivity contribution >= 4 is 16.0 Å². The Labute approximate surface area is 123 Å². The molecule has 0 radical (unpaired) electrons. The molecular formula is C13H19NO6S. The van der Waals surface area contributed by atoms with Crippen molar-refractivity contribution in [1.82, 2.24) is 4.72 Å². The van der Waals surface area contributed by atoms with Gasteiger partial charge >= 0.3 is 5.97 Å². The highest BCUT2D eigenvalue weighted by molar-refractivity contribution is 7.89. The predicted molar refractivity (Wildman–Crippen MR) is 76.1 cm³/mol. The molecule has 0 amide bonds. The number of ether oxygens (including phenoxy) is 1. The van der Waals surface area contributed by atoms with Gasteiger partial charge in [0.1, 0.15) is 11.3 Å². The Hall–Kier alpha value is -1.64. The minimum atomic E-state index is -3.87. The zero-order valence-electron chi connectivity index (χ0n) is 12.1. The van der Waals surface area contributed by atoms with Crippen molar-refractivity contribution in [3.05, 3.63) is 23.3 Å². The smallest absolute Gasteiger partial charge is 0.339 e. The van der Waals surface area contributed by atoms with Crippen molar-refractivity contribution in [1.29, 1.82) is 0 Å². The monoisotopic (exact) mass is 317 g/mol. The van der Waals surface area contributed by atoms with Crippen LogP contribution in [-0.4, -0.2) is 44.4 Å². The van der Waals surface area contributed by atoms with Crippen LogP contribution in [0.4, 0.5) is 0 Å². The topological polar surface area (TPSA) is 113 Å². The van der Waals surface area contributed by atoms with E-state index in [4.69, 9.17) is 9.84 Å². The number of benzene rings is 1. The number of carboxylic acids is 1. The van der Waals surface area contributed by atoms with Crippen molar-refractivity contribution in [3.63, 3.8) is 0 Å². The van der Waals surface area contributed by atoms with E-state index in [9.17, 15) is 18.3 Å². The van der Waals surface area contributed by atoms with Gasteiger partial charge in [0, 0.05) is 19.8 Å². The number of nitrogens with one attached hydrogen (secondary N) is 1. The van der Waals surface area contributed by atoms with Gasteiger partial charge in [-0.25, -0.2) is 17.9 Å². The highest BCUT2D eigenvalue weighted by Gasteiger charge is 2.23. The highest BCUT2D eigenvalue weighted by atomic mass is 32.2. The van der Waals surface area contributed by atoms with Crippen LogP contribution in [-0.2, 0) is 14.8 Å². The normalized spacial score (nSPS) is 13.1. The molecule has 0 aliphatic rings. The number of rotatable bonds is 7. The van der Waals surface area contributed by atoms with Crippen LogP contribution < -0.4 is 4.72 Å². The van der Waals surface area contributed by atoms with Crippen LogP contribution in [0.1, 0.15) is 29.3 Å². The molecule has 1 atom stereocenters. The molecule has 1 unspecified atom stereocenters. The third-order valence-electron chi connectivity index (χ3n) is 2.92. The molecule has 0 aromatic heterocycles. The second-order valence-electron chi connectivity index (χ2n) is 4.74. The Morgan fingerprint density at radius 3 is 2.57 bits per heavy atom. The molecule has 0 aliphatic heterocycles. The average Bonchev–Trinajstić information content (AvgIpc) is 2.34. The lowest BCUT2D eigenvalue weighted by atomic mass is 10.1. The first-order chi connectivity index (χ1) is 9.69. The van der Waals surface area contributed by atoms with E-state index in [2.05, 4.69) is 4.72 Å². The number of phenols is 1. The zero-order valence-corrected chi connectivity index (χ0v) is 12.9. The lowest BCUT2D eigenvalue weighted by molar-refractivity contribution is 0.0693. The van der Waals surface area contributed by atoms with E-state index < -0.39 is 27.3 Å². The summed E-state index contributed by atoms with van der Waals surface area (Å²) in [5.74, 6) is -1.86. The van der Waals surface area contributed by atoms with Gasteiger partial charge in [-0.2, -0.15) is 0 Å². The zero-order chi connectivity index (χ0) is 16.2. The van der Waals surface area contributed by atoms with Crippen LogP contribution >= 0.6 is 0 Å². The van der Waals surface area contributed by atoms with E-state index in [-0.39, 0.29) is 16.5 Å². The van der Waals surface area contributed by atoms with Crippen molar-refractivity contribution in [3.8, 4) is 5.75 Å². The molecule has 118 valence electrons. The highest BCUT2D eigenvalue weighted by Crippen LogP contribution is 2.25. The van der Waals surface area contributed by atoms with Gasteiger partial charge in [0.25, 0.3) is 0 Å². The molecule has 0 saturated carbocycles. The second-order valence-corrected chi connectivity index (χ2v) is 6.43. The summed E-state index contributed by atoms with van der Waals surface area (Å²) < 4.78 is 31.9. The molecule has 1 aromatic rings. The second kappa shape index (κ2) is 6.88. The largest absolute Gasteiger partial charge is 0.507 e. The van der Waals surface area contributed by atoms with Crippen LogP contribution in [0.3, 0.4) is 0 Å². The van der Waals surface area contributed by atoms with Gasteiger partial charge in [-0.15, -0.1) is 0 Å². The Bertz CT molecular complexity index is 626. The van der Waals surface area contributed by atoms with Gasteiger partial charge in [0.15, 0.2) is 0 Å². The molecular weight excluding hydrogens is 298 g/mol. The first-order valence-corrected chi connectivity index (χ1v) is 7.75. The number of sulfonamides is 1. The first-order valence-electron chi connectivity index (χ1n) is 6.27. The molecule has 21 heavy (non-hydrogen) atoms. The van der Waals surface area contributed by atoms with Crippen LogP contribution in [0.25, 0.3) is 0 Å². The van der Waals surface area contributed by atoms with Crippen LogP contribution in [0.5, 0.6) is 5.75 Å². The van der Waals surface area contributed by atoms with Gasteiger partial charge in [-0.3, -0.25) is 0 Å². The maximum atomic E-state index is 12.3. The standard InChI is InChI=1S/C13H19NO6S/c1-8-6-11(15)10(13(16)17)7-12(8)21(18,19)14-9(2)4-5-20-3/h6-7,9,14-15H,4-5H2,1-3H3,(H,16,17). The molecule has 0 fully saturated rings. The number of methoxy groups -OCH3 is 1. The van der Waals surface area contributed by atoms with Crippen molar-refractivity contribution in [2.75, 3.05) is 13.7 Å².